The molecule has 1 unspecified atom stereocenters. The molecule has 10 heteroatoms. The molecule has 0 spiro atoms. The third-order valence-electron chi connectivity index (χ3n) is 5.43. The number of aromatic nitrogens is 2. The van der Waals surface area contributed by atoms with Gasteiger partial charge in [-0.05, 0) is 30.7 Å². The molecule has 0 radical (unpaired) electrons. The Bertz CT molecular complexity index is 970. The maximum Gasteiger partial charge on any atom is 0.233 e. The van der Waals surface area contributed by atoms with E-state index in [9.17, 15) is 13.2 Å². The van der Waals surface area contributed by atoms with Gasteiger partial charge in [-0.1, -0.05) is 27.7 Å². The average molecular weight is 499 g/mol. The number of hydrogen-bond donors (Lipinski definition) is 0. The van der Waals surface area contributed by atoms with Gasteiger partial charge in [0.2, 0.25) is 5.91 Å². The second-order valence-corrected chi connectivity index (χ2v) is 11.4. The molecule has 1 atom stereocenters. The number of benzene rings is 1. The lowest BCUT2D eigenvalue weighted by Crippen LogP contribution is -2.52. The molecule has 2 fully saturated rings. The van der Waals surface area contributed by atoms with Gasteiger partial charge < -0.3 is 4.90 Å². The summed E-state index contributed by atoms with van der Waals surface area (Å²) in [5.41, 5.74) is 1.00. The van der Waals surface area contributed by atoms with Crippen LogP contribution in [0.25, 0.3) is 5.69 Å². The zero-order chi connectivity index (χ0) is 20.4. The van der Waals surface area contributed by atoms with Crippen molar-refractivity contribution >= 4 is 43.4 Å². The van der Waals surface area contributed by atoms with Crippen molar-refractivity contribution in [3.63, 3.8) is 0 Å². The van der Waals surface area contributed by atoms with Gasteiger partial charge in [0.25, 0.3) is 0 Å². The summed E-state index contributed by atoms with van der Waals surface area (Å²) in [6, 6.07) is 8.07. The van der Waals surface area contributed by atoms with E-state index in [0.717, 1.165) is 28.4 Å². The van der Waals surface area contributed by atoms with E-state index >= 15 is 0 Å². The number of sulfone groups is 1. The minimum atomic E-state index is -2.88. The number of carbonyl (C=O) groups is 1. The number of nitrogens with zero attached hydrogens (tertiary/aromatic N) is 4. The highest BCUT2D eigenvalue weighted by Crippen LogP contribution is 2.23. The van der Waals surface area contributed by atoms with Crippen LogP contribution in [0.15, 0.2) is 46.3 Å². The normalized spacial score (nSPS) is 22.1. The van der Waals surface area contributed by atoms with Crippen molar-refractivity contribution in [3.05, 3.63) is 41.1 Å². The molecule has 0 bridgehead atoms. The summed E-state index contributed by atoms with van der Waals surface area (Å²) in [5, 5.41) is 0.787. The van der Waals surface area contributed by atoms with Gasteiger partial charge in [-0.15, -0.1) is 0 Å². The Hall–Kier alpha value is -1.36. The van der Waals surface area contributed by atoms with Crippen LogP contribution >= 0.6 is 27.7 Å². The molecule has 1 aromatic carbocycles. The van der Waals surface area contributed by atoms with Gasteiger partial charge in [0.15, 0.2) is 15.0 Å². The smallest absolute Gasteiger partial charge is 0.233 e. The average Bonchev–Trinajstić information content (AvgIpc) is 3.33. The summed E-state index contributed by atoms with van der Waals surface area (Å²) in [6.07, 6.45) is 4.35. The number of imidazole rings is 1. The first-order valence-corrected chi connectivity index (χ1v) is 13.2. The van der Waals surface area contributed by atoms with Crippen LogP contribution in [0.2, 0.25) is 0 Å². The number of thioether (sulfide) groups is 1. The van der Waals surface area contributed by atoms with Crippen molar-refractivity contribution < 1.29 is 13.2 Å². The first kappa shape index (κ1) is 20.9. The van der Waals surface area contributed by atoms with E-state index in [1.165, 1.54) is 11.8 Å². The standard InChI is InChI=1S/C19H23BrN4O3S2/c20-15-1-3-16(4-2-15)24-7-6-21-19(24)28-13-18(25)23-10-8-22(9-11-23)17-5-12-29(26,27)14-17/h1-4,6-7,17H,5,8-14H2. The largest absolute Gasteiger partial charge is 0.339 e. The molecule has 1 amide bonds. The molecule has 0 saturated carbocycles. The number of carbonyl (C=O) groups excluding carboxylic acids is 1. The van der Waals surface area contributed by atoms with E-state index < -0.39 is 9.84 Å². The molecule has 1 aromatic heterocycles. The molecule has 2 aliphatic rings. The van der Waals surface area contributed by atoms with Gasteiger partial charge in [-0.3, -0.25) is 14.3 Å². The predicted molar refractivity (Wildman–Crippen MR) is 117 cm³/mol. The molecule has 3 heterocycles. The Labute approximate surface area is 183 Å². The fraction of sp³-hybridized carbons (Fsp3) is 0.474. The molecule has 2 saturated heterocycles. The van der Waals surface area contributed by atoms with Crippen LogP contribution in [0.4, 0.5) is 0 Å². The second-order valence-electron chi connectivity index (χ2n) is 7.32. The van der Waals surface area contributed by atoms with Crippen LogP contribution in [0.1, 0.15) is 6.42 Å². The molecule has 4 rings (SSSR count). The Balaban J connectivity index is 1.29. The maximum absolute atomic E-state index is 12.7. The summed E-state index contributed by atoms with van der Waals surface area (Å²) < 4.78 is 26.4. The SMILES string of the molecule is O=C(CSc1nccn1-c1ccc(Br)cc1)N1CCN(C2CCS(=O)(=O)C2)CC1. The molecule has 0 N–H and O–H groups in total. The lowest BCUT2D eigenvalue weighted by atomic mass is 10.2. The van der Waals surface area contributed by atoms with Crippen molar-refractivity contribution in [3.8, 4) is 5.69 Å². The molecule has 2 aliphatic heterocycles. The van der Waals surface area contributed by atoms with Crippen molar-refractivity contribution in [1.29, 1.82) is 0 Å². The summed E-state index contributed by atoms with van der Waals surface area (Å²) in [5.74, 6) is 0.985. The topological polar surface area (TPSA) is 75.5 Å². The molecule has 156 valence electrons. The van der Waals surface area contributed by atoms with Crippen molar-refractivity contribution in [2.45, 2.75) is 17.6 Å². The Morgan fingerprint density at radius 3 is 2.55 bits per heavy atom. The van der Waals surface area contributed by atoms with Crippen molar-refractivity contribution in [2.24, 2.45) is 0 Å². The van der Waals surface area contributed by atoms with Crippen LogP contribution in [0.5, 0.6) is 0 Å². The summed E-state index contributed by atoms with van der Waals surface area (Å²) in [6.45, 7) is 2.78. The van der Waals surface area contributed by atoms with Gasteiger partial charge in [-0.25, -0.2) is 13.4 Å². The number of piperazine rings is 1. The quantitative estimate of drug-likeness (QED) is 0.587. The number of halogens is 1. The van der Waals surface area contributed by atoms with Gasteiger partial charge in [0.05, 0.1) is 17.3 Å². The highest BCUT2D eigenvalue weighted by atomic mass is 79.9. The van der Waals surface area contributed by atoms with Crippen LogP contribution in [0, 0.1) is 0 Å². The maximum atomic E-state index is 12.7. The molecular weight excluding hydrogens is 476 g/mol. The van der Waals surface area contributed by atoms with E-state index in [1.807, 2.05) is 39.9 Å². The van der Waals surface area contributed by atoms with Gasteiger partial charge in [0.1, 0.15) is 0 Å². The van der Waals surface area contributed by atoms with Crippen LogP contribution in [-0.2, 0) is 14.6 Å². The van der Waals surface area contributed by atoms with E-state index in [2.05, 4.69) is 25.8 Å². The molecule has 7 nitrogen and oxygen atoms in total. The van der Waals surface area contributed by atoms with E-state index in [0.29, 0.717) is 31.0 Å². The molecular formula is C19H23BrN4O3S2. The van der Waals surface area contributed by atoms with Gasteiger partial charge in [-0.2, -0.15) is 0 Å². The van der Waals surface area contributed by atoms with Crippen LogP contribution < -0.4 is 0 Å². The van der Waals surface area contributed by atoms with E-state index in [4.69, 9.17) is 0 Å². The summed E-state index contributed by atoms with van der Waals surface area (Å²) >= 11 is 4.88. The highest BCUT2D eigenvalue weighted by Gasteiger charge is 2.34. The zero-order valence-corrected chi connectivity index (χ0v) is 19.1. The first-order chi connectivity index (χ1) is 13.9. The fourth-order valence-corrected chi connectivity index (χ4v) is 6.71. The Morgan fingerprint density at radius 1 is 1.17 bits per heavy atom. The van der Waals surface area contributed by atoms with Gasteiger partial charge >= 0.3 is 0 Å². The molecule has 0 aliphatic carbocycles. The fourth-order valence-electron chi connectivity index (χ4n) is 3.81. The van der Waals surface area contributed by atoms with Crippen molar-refractivity contribution in [2.75, 3.05) is 43.4 Å². The monoisotopic (exact) mass is 498 g/mol. The van der Waals surface area contributed by atoms with E-state index in [-0.39, 0.29) is 17.7 Å². The minimum absolute atomic E-state index is 0.0963. The third-order valence-corrected chi connectivity index (χ3v) is 8.66. The molecule has 2 aromatic rings. The number of rotatable bonds is 5. The Morgan fingerprint density at radius 2 is 1.90 bits per heavy atom. The zero-order valence-electron chi connectivity index (χ0n) is 15.9. The van der Waals surface area contributed by atoms with E-state index in [1.54, 1.807) is 6.20 Å². The lowest BCUT2D eigenvalue weighted by molar-refractivity contribution is -0.130. The summed E-state index contributed by atoms with van der Waals surface area (Å²) in [7, 11) is -2.88. The third kappa shape index (κ3) is 5.04. The lowest BCUT2D eigenvalue weighted by Gasteiger charge is -2.37. The van der Waals surface area contributed by atoms with Crippen molar-refractivity contribution in [1.82, 2.24) is 19.4 Å². The molecule has 29 heavy (non-hydrogen) atoms. The highest BCUT2D eigenvalue weighted by molar-refractivity contribution is 9.10. The van der Waals surface area contributed by atoms with Crippen LogP contribution in [0.3, 0.4) is 0 Å². The summed E-state index contributed by atoms with van der Waals surface area (Å²) in [4.78, 5) is 21.2. The van der Waals surface area contributed by atoms with Crippen LogP contribution in [-0.4, -0.2) is 83.2 Å². The van der Waals surface area contributed by atoms with Gasteiger partial charge in [0, 0.05) is 54.8 Å². The Kier molecular flexibility index (Phi) is 6.33. The first-order valence-electron chi connectivity index (χ1n) is 9.56. The minimum Gasteiger partial charge on any atom is -0.339 e. The predicted octanol–water partition coefficient (Wildman–Crippen LogP) is 2.06. The number of amides is 1. The number of hydrogen-bond acceptors (Lipinski definition) is 6. The second kappa shape index (κ2) is 8.79.